The molecule has 0 aliphatic carbocycles. The maximum absolute atomic E-state index is 12.9. The fraction of sp³-hybridized carbons (Fsp3) is 0.294. The normalized spacial score (nSPS) is 12.0. The molecule has 1 N–H and O–H groups in total. The summed E-state index contributed by atoms with van der Waals surface area (Å²) in [6.07, 6.45) is -2.43. The third kappa shape index (κ3) is 3.45. The predicted molar refractivity (Wildman–Crippen MR) is 100 cm³/mol. The summed E-state index contributed by atoms with van der Waals surface area (Å²) in [6.45, 7) is -0.487. The molecule has 162 valence electrons. The van der Waals surface area contributed by atoms with Crippen LogP contribution in [0.25, 0.3) is 16.8 Å². The van der Waals surface area contributed by atoms with Crippen molar-refractivity contribution in [1.29, 1.82) is 0 Å². The van der Waals surface area contributed by atoms with Crippen molar-refractivity contribution < 1.29 is 18.0 Å². The highest BCUT2D eigenvalue weighted by atomic mass is 19.4. The number of halogens is 3. The van der Waals surface area contributed by atoms with Crippen LogP contribution in [0.15, 0.2) is 34.2 Å². The molecule has 1 amide bonds. The molecule has 0 aromatic carbocycles. The van der Waals surface area contributed by atoms with Crippen molar-refractivity contribution >= 4 is 22.7 Å². The minimum absolute atomic E-state index is 0.0718. The minimum Gasteiger partial charge on any atom is -0.347 e. The van der Waals surface area contributed by atoms with Crippen molar-refractivity contribution in [3.05, 3.63) is 56.9 Å². The number of imidazole rings is 1. The van der Waals surface area contributed by atoms with Crippen LogP contribution in [0.3, 0.4) is 0 Å². The summed E-state index contributed by atoms with van der Waals surface area (Å²) in [7, 11) is 2.76. The van der Waals surface area contributed by atoms with Crippen LogP contribution >= 0.6 is 0 Å². The zero-order valence-corrected chi connectivity index (χ0v) is 16.2. The zero-order valence-electron chi connectivity index (χ0n) is 16.2. The minimum atomic E-state index is -4.53. The molecule has 31 heavy (non-hydrogen) atoms. The number of pyridine rings is 1. The Morgan fingerprint density at radius 1 is 1.13 bits per heavy atom. The van der Waals surface area contributed by atoms with E-state index in [1.165, 1.54) is 35.6 Å². The number of aryl methyl sites for hydroxylation is 1. The molecule has 0 aliphatic rings. The first-order valence-corrected chi connectivity index (χ1v) is 8.86. The Hall–Kier alpha value is -3.97. The van der Waals surface area contributed by atoms with Gasteiger partial charge in [-0.05, 0) is 12.1 Å². The monoisotopic (exact) mass is 436 g/mol. The lowest BCUT2D eigenvalue weighted by atomic mass is 10.3. The number of carbonyl (C=O) groups is 1. The first kappa shape index (κ1) is 20.3. The molecule has 4 aromatic heterocycles. The molecule has 0 radical (unpaired) electrons. The summed E-state index contributed by atoms with van der Waals surface area (Å²) < 4.78 is 43.3. The molecule has 0 unspecified atom stereocenters. The number of aromatic nitrogens is 7. The van der Waals surface area contributed by atoms with Gasteiger partial charge in [-0.3, -0.25) is 23.1 Å². The van der Waals surface area contributed by atoms with Gasteiger partial charge >= 0.3 is 11.9 Å². The van der Waals surface area contributed by atoms with Crippen molar-refractivity contribution in [1.82, 2.24) is 38.6 Å². The molecule has 0 aliphatic heterocycles. The number of hydrogen-bond acceptors (Lipinski definition) is 6. The summed E-state index contributed by atoms with van der Waals surface area (Å²) in [5.74, 6) is -0.442. The largest absolute Gasteiger partial charge is 0.417 e. The van der Waals surface area contributed by atoms with Gasteiger partial charge in [-0.15, -0.1) is 10.2 Å². The summed E-state index contributed by atoms with van der Waals surface area (Å²) in [6, 6.07) is 2.07. The van der Waals surface area contributed by atoms with Gasteiger partial charge in [0.1, 0.15) is 6.54 Å². The van der Waals surface area contributed by atoms with Gasteiger partial charge in [-0.25, -0.2) is 9.78 Å². The molecule has 0 atom stereocenters. The van der Waals surface area contributed by atoms with Crippen molar-refractivity contribution in [2.75, 3.05) is 0 Å². The van der Waals surface area contributed by atoms with Gasteiger partial charge in [0.15, 0.2) is 22.6 Å². The second-order valence-corrected chi connectivity index (χ2v) is 6.79. The Labute approximate surface area is 170 Å². The molecule has 0 spiro atoms. The average Bonchev–Trinajstić information content (AvgIpc) is 3.32. The Balaban J connectivity index is 1.56. The summed E-state index contributed by atoms with van der Waals surface area (Å²) in [5, 5.41) is 10.1. The average molecular weight is 436 g/mol. The molecule has 0 fully saturated rings. The number of hydrogen-bond donors (Lipinski definition) is 1. The smallest absolute Gasteiger partial charge is 0.347 e. The summed E-state index contributed by atoms with van der Waals surface area (Å²) in [4.78, 5) is 40.8. The Morgan fingerprint density at radius 3 is 2.58 bits per heavy atom. The SMILES string of the molecule is Cn1c(=O)c2c(ncn2CC(=O)NCc2nnc3ccc(C(F)(F)F)cn23)n(C)c1=O. The van der Waals surface area contributed by atoms with Crippen molar-refractivity contribution in [3.63, 3.8) is 0 Å². The lowest BCUT2D eigenvalue weighted by molar-refractivity contribution is -0.137. The van der Waals surface area contributed by atoms with Gasteiger partial charge in [-0.2, -0.15) is 13.2 Å². The van der Waals surface area contributed by atoms with Crippen molar-refractivity contribution in [3.8, 4) is 0 Å². The van der Waals surface area contributed by atoms with E-state index in [4.69, 9.17) is 0 Å². The number of rotatable bonds is 4. The molecule has 11 nitrogen and oxygen atoms in total. The zero-order chi connectivity index (χ0) is 22.5. The third-order valence-electron chi connectivity index (χ3n) is 4.78. The van der Waals surface area contributed by atoms with Gasteiger partial charge < -0.3 is 9.88 Å². The van der Waals surface area contributed by atoms with Crippen molar-refractivity contribution in [2.45, 2.75) is 19.3 Å². The fourth-order valence-electron chi connectivity index (χ4n) is 3.13. The second-order valence-electron chi connectivity index (χ2n) is 6.79. The molecular formula is C17H15F3N8O3. The molecular weight excluding hydrogens is 421 g/mol. The Morgan fingerprint density at radius 2 is 1.87 bits per heavy atom. The van der Waals surface area contributed by atoms with E-state index in [-0.39, 0.29) is 35.7 Å². The molecule has 0 bridgehead atoms. The molecule has 0 saturated heterocycles. The highest BCUT2D eigenvalue weighted by molar-refractivity contribution is 5.78. The maximum atomic E-state index is 12.9. The topological polar surface area (TPSA) is 121 Å². The van der Waals surface area contributed by atoms with Crippen LogP contribution in [0.1, 0.15) is 11.4 Å². The van der Waals surface area contributed by atoms with Gasteiger partial charge in [0, 0.05) is 20.3 Å². The quantitative estimate of drug-likeness (QED) is 0.474. The second kappa shape index (κ2) is 7.07. The molecule has 14 heteroatoms. The number of alkyl halides is 3. The van der Waals surface area contributed by atoms with E-state index in [9.17, 15) is 27.6 Å². The number of fused-ring (bicyclic) bond motifs is 2. The molecule has 4 heterocycles. The van der Waals surface area contributed by atoms with Gasteiger partial charge in [0.05, 0.1) is 18.4 Å². The van der Waals surface area contributed by atoms with E-state index in [1.807, 2.05) is 0 Å². The standard InChI is InChI=1S/C17H15F3N8O3/c1-25-14-13(15(30)26(2)16(25)31)27(8-22-14)7-12(29)21-5-11-24-23-10-4-3-9(6-28(10)11)17(18,19)20/h3-4,6,8H,5,7H2,1-2H3,(H,21,29). The van der Waals surface area contributed by atoms with Gasteiger partial charge in [-0.1, -0.05) is 0 Å². The number of amides is 1. The third-order valence-corrected chi connectivity index (χ3v) is 4.78. The van der Waals surface area contributed by atoms with Crippen LogP contribution in [-0.4, -0.2) is 39.2 Å². The van der Waals surface area contributed by atoms with E-state index < -0.39 is 28.9 Å². The molecule has 4 rings (SSSR count). The van der Waals surface area contributed by atoms with E-state index in [0.29, 0.717) is 0 Å². The Bertz CT molecular complexity index is 1440. The van der Waals surface area contributed by atoms with Crippen LogP contribution in [0.4, 0.5) is 13.2 Å². The lowest BCUT2D eigenvalue weighted by Crippen LogP contribution is -2.38. The molecule has 4 aromatic rings. The number of nitrogens with zero attached hydrogens (tertiary/aromatic N) is 7. The molecule has 0 saturated carbocycles. The summed E-state index contributed by atoms with van der Waals surface area (Å²) >= 11 is 0. The first-order valence-electron chi connectivity index (χ1n) is 8.86. The van der Waals surface area contributed by atoms with E-state index in [2.05, 4.69) is 20.5 Å². The van der Waals surface area contributed by atoms with Gasteiger partial charge in [0.2, 0.25) is 5.91 Å². The fourth-order valence-corrected chi connectivity index (χ4v) is 3.13. The lowest BCUT2D eigenvalue weighted by Gasteiger charge is -2.09. The van der Waals surface area contributed by atoms with E-state index in [1.54, 1.807) is 0 Å². The van der Waals surface area contributed by atoms with Crippen LogP contribution < -0.4 is 16.6 Å². The number of nitrogens with one attached hydrogen (secondary N) is 1. The number of carbonyl (C=O) groups excluding carboxylic acids is 1. The van der Waals surface area contributed by atoms with Crippen LogP contribution in [0.2, 0.25) is 0 Å². The van der Waals surface area contributed by atoms with Crippen LogP contribution in [-0.2, 0) is 38.2 Å². The predicted octanol–water partition coefficient (Wildman–Crippen LogP) is -0.188. The maximum Gasteiger partial charge on any atom is 0.417 e. The summed E-state index contributed by atoms with van der Waals surface area (Å²) in [5.41, 5.74) is -1.64. The van der Waals surface area contributed by atoms with Crippen LogP contribution in [0.5, 0.6) is 0 Å². The van der Waals surface area contributed by atoms with E-state index in [0.717, 1.165) is 21.2 Å². The highest BCUT2D eigenvalue weighted by Gasteiger charge is 2.31. The van der Waals surface area contributed by atoms with Crippen molar-refractivity contribution in [2.24, 2.45) is 14.1 Å². The van der Waals surface area contributed by atoms with E-state index >= 15 is 0 Å². The van der Waals surface area contributed by atoms with Gasteiger partial charge in [0.25, 0.3) is 5.56 Å². The highest BCUT2D eigenvalue weighted by Crippen LogP contribution is 2.29. The van der Waals surface area contributed by atoms with Crippen LogP contribution in [0, 0.1) is 0 Å². The first-order chi connectivity index (χ1) is 14.6. The Kier molecular flexibility index (Phi) is 4.63.